The smallest absolute Gasteiger partial charge is 0.343 e. The number of benzene rings is 5. The molecule has 86 heavy (non-hydrogen) atoms. The molecule has 0 fully saturated rings. The van der Waals surface area contributed by atoms with Crippen LogP contribution in [0.3, 0.4) is 0 Å². The summed E-state index contributed by atoms with van der Waals surface area (Å²) in [4.78, 5) is 53.2. The van der Waals surface area contributed by atoms with E-state index in [-0.39, 0.29) is 34.1 Å². The van der Waals surface area contributed by atoms with Crippen LogP contribution in [0.15, 0.2) is 109 Å². The first-order valence-corrected chi connectivity index (χ1v) is 33.2. The Morgan fingerprint density at radius 2 is 0.430 bits per heavy atom. The maximum atomic E-state index is 13.4. The van der Waals surface area contributed by atoms with Crippen LogP contribution in [0.4, 0.5) is 0 Å². The van der Waals surface area contributed by atoms with Gasteiger partial charge in [0.1, 0.15) is 23.0 Å². The molecule has 5 rings (SSSR count). The van der Waals surface area contributed by atoms with Crippen LogP contribution in [0.25, 0.3) is 0 Å². The van der Waals surface area contributed by atoms with Gasteiger partial charge in [0.05, 0.1) is 48.7 Å². The molecule has 0 radical (unpaired) electrons. The molecule has 470 valence electrons. The molecule has 0 N–H and O–H groups in total. The molecule has 5 aromatic rings. The first-order chi connectivity index (χ1) is 42.2. The number of unbranched alkanes of at least 4 members (excludes halogenated alkanes) is 28. The molecule has 0 amide bonds. The summed E-state index contributed by atoms with van der Waals surface area (Å²) < 4.78 is 47.5. The third kappa shape index (κ3) is 28.6. The highest BCUT2D eigenvalue weighted by atomic mass is 16.6. The molecule has 0 aliphatic carbocycles. The Morgan fingerprint density at radius 1 is 0.233 bits per heavy atom. The van der Waals surface area contributed by atoms with Gasteiger partial charge < -0.3 is 37.9 Å². The molecule has 0 unspecified atom stereocenters. The van der Waals surface area contributed by atoms with Crippen molar-refractivity contribution in [2.75, 3.05) is 26.4 Å². The van der Waals surface area contributed by atoms with Gasteiger partial charge in [0, 0.05) is 0 Å². The van der Waals surface area contributed by atoms with Gasteiger partial charge in [0.15, 0.2) is 23.0 Å². The Labute approximate surface area is 515 Å². The molecular formula is C74H102O12. The third-order valence-electron chi connectivity index (χ3n) is 15.2. The third-order valence-corrected chi connectivity index (χ3v) is 15.2. The van der Waals surface area contributed by atoms with E-state index < -0.39 is 23.9 Å². The Morgan fingerprint density at radius 3 is 0.674 bits per heavy atom. The monoisotopic (exact) mass is 1180 g/mol. The van der Waals surface area contributed by atoms with Gasteiger partial charge in [-0.05, 0) is 135 Å². The average Bonchev–Trinajstić information content (AvgIpc) is 3.57. The minimum atomic E-state index is -0.648. The van der Waals surface area contributed by atoms with Gasteiger partial charge in [0.2, 0.25) is 0 Å². The van der Waals surface area contributed by atoms with Crippen LogP contribution in [0.5, 0.6) is 46.0 Å². The Kier molecular flexibility index (Phi) is 35.6. The van der Waals surface area contributed by atoms with Crippen LogP contribution in [0, 0.1) is 0 Å². The van der Waals surface area contributed by atoms with Crippen molar-refractivity contribution < 1.29 is 57.1 Å². The zero-order valence-electron chi connectivity index (χ0n) is 52.7. The van der Waals surface area contributed by atoms with E-state index in [1.54, 1.807) is 60.7 Å². The van der Waals surface area contributed by atoms with Crippen LogP contribution >= 0.6 is 0 Å². The summed E-state index contributed by atoms with van der Waals surface area (Å²) >= 11 is 0. The minimum Gasteiger partial charge on any atom is -0.490 e. The lowest BCUT2D eigenvalue weighted by Crippen LogP contribution is -2.12. The van der Waals surface area contributed by atoms with E-state index in [1.807, 2.05) is 0 Å². The van der Waals surface area contributed by atoms with Crippen molar-refractivity contribution in [3.63, 3.8) is 0 Å². The Bertz CT molecular complexity index is 2460. The molecule has 0 spiro atoms. The van der Waals surface area contributed by atoms with Crippen LogP contribution in [-0.2, 0) is 0 Å². The number of ether oxygens (including phenoxy) is 8. The molecule has 12 heteroatoms. The lowest BCUT2D eigenvalue weighted by molar-refractivity contribution is 0.0716. The number of esters is 4. The second kappa shape index (κ2) is 43.7. The fourth-order valence-electron chi connectivity index (χ4n) is 9.96. The molecule has 12 nitrogen and oxygen atoms in total. The molecule has 0 bridgehead atoms. The van der Waals surface area contributed by atoms with E-state index in [0.29, 0.717) is 60.6 Å². The second-order valence-corrected chi connectivity index (χ2v) is 22.7. The number of carbonyl (C=O) groups excluding carboxylic acids is 4. The van der Waals surface area contributed by atoms with E-state index in [2.05, 4.69) is 27.7 Å². The second-order valence-electron chi connectivity index (χ2n) is 22.7. The quantitative estimate of drug-likeness (QED) is 0.0208. The summed E-state index contributed by atoms with van der Waals surface area (Å²) in [6.07, 6.45) is 38.4. The van der Waals surface area contributed by atoms with Crippen molar-refractivity contribution in [2.24, 2.45) is 0 Å². The molecule has 0 saturated heterocycles. The van der Waals surface area contributed by atoms with Crippen LogP contribution in [0.2, 0.25) is 0 Å². The SMILES string of the molecule is CCCCCCCCCCOc1ccc(C(=O)Oc2ccc(OC(=O)c3ccc(C(=O)Oc4ccc(OC(=O)c5ccc(OCCCCCCCCCC)c(OCCCCCCCCCC)c5)cc4)cc3)cc2)cc1OCCCCCCCCCC. The largest absolute Gasteiger partial charge is 0.490 e. The summed E-state index contributed by atoms with van der Waals surface area (Å²) in [7, 11) is 0. The maximum absolute atomic E-state index is 13.4. The topological polar surface area (TPSA) is 142 Å². The van der Waals surface area contributed by atoms with Crippen molar-refractivity contribution in [2.45, 2.75) is 233 Å². The number of hydrogen-bond donors (Lipinski definition) is 0. The van der Waals surface area contributed by atoms with Crippen LogP contribution in [-0.4, -0.2) is 50.3 Å². The summed E-state index contributed by atoms with van der Waals surface area (Å²) in [5.41, 5.74) is 1.06. The van der Waals surface area contributed by atoms with Crippen LogP contribution in [0.1, 0.15) is 275 Å². The standard InChI is InChI=1S/C74H102O12/c1-5-9-13-17-21-25-29-33-53-79-67-51-41-61(57-69(67)81-55-35-31-27-23-19-15-11-7-3)73(77)85-65-47-43-63(44-48-65)83-71(75)59-37-39-60(40-38-59)72(76)84-64-45-49-66(50-46-64)86-74(78)62-42-52-68(80-54-34-30-26-22-18-14-10-6-2)70(58-62)82-56-36-32-28-24-20-16-12-8-4/h37-52,57-58H,5-36,53-56H2,1-4H3. The van der Waals surface area contributed by atoms with Gasteiger partial charge in [0.25, 0.3) is 0 Å². The van der Waals surface area contributed by atoms with E-state index in [0.717, 1.165) is 51.4 Å². The van der Waals surface area contributed by atoms with E-state index in [4.69, 9.17) is 37.9 Å². The molecule has 0 atom stereocenters. The Balaban J connectivity index is 1.08. The van der Waals surface area contributed by atoms with Crippen molar-refractivity contribution in [3.8, 4) is 46.0 Å². The fraction of sp³-hybridized carbons (Fsp3) is 0.541. The van der Waals surface area contributed by atoms with E-state index >= 15 is 0 Å². The van der Waals surface area contributed by atoms with Gasteiger partial charge in [-0.3, -0.25) is 0 Å². The zero-order chi connectivity index (χ0) is 61.1. The highest BCUT2D eigenvalue weighted by molar-refractivity contribution is 5.95. The summed E-state index contributed by atoms with van der Waals surface area (Å²) in [5.74, 6) is 0.869. The molecule has 0 heterocycles. The van der Waals surface area contributed by atoms with Gasteiger partial charge >= 0.3 is 23.9 Å². The molecular weight excluding hydrogens is 1080 g/mol. The first kappa shape index (κ1) is 69.9. The van der Waals surface area contributed by atoms with Gasteiger partial charge in [-0.2, -0.15) is 0 Å². The maximum Gasteiger partial charge on any atom is 0.343 e. The number of carbonyl (C=O) groups is 4. The summed E-state index contributed by atoms with van der Waals surface area (Å²) in [5, 5.41) is 0. The van der Waals surface area contributed by atoms with Crippen molar-refractivity contribution in [1.82, 2.24) is 0 Å². The normalized spacial score (nSPS) is 11.0. The number of rotatable bonds is 48. The first-order valence-electron chi connectivity index (χ1n) is 33.2. The minimum absolute atomic E-state index is 0.206. The van der Waals surface area contributed by atoms with Crippen molar-refractivity contribution in [1.29, 1.82) is 0 Å². The fourth-order valence-corrected chi connectivity index (χ4v) is 9.96. The van der Waals surface area contributed by atoms with Gasteiger partial charge in [-0.15, -0.1) is 0 Å². The Hall–Kier alpha value is -6.82. The molecule has 5 aromatic carbocycles. The van der Waals surface area contributed by atoms with Gasteiger partial charge in [-0.25, -0.2) is 19.2 Å². The van der Waals surface area contributed by atoms with Crippen molar-refractivity contribution >= 4 is 23.9 Å². The van der Waals surface area contributed by atoms with Gasteiger partial charge in [-0.1, -0.05) is 207 Å². The highest BCUT2D eigenvalue weighted by Gasteiger charge is 2.18. The molecule has 0 aromatic heterocycles. The molecule has 0 aliphatic rings. The molecule has 0 saturated carbocycles. The summed E-state index contributed by atoms with van der Waals surface area (Å²) in [6, 6.07) is 28.6. The predicted molar refractivity (Wildman–Crippen MR) is 344 cm³/mol. The number of hydrogen-bond acceptors (Lipinski definition) is 12. The average molecular weight is 1180 g/mol. The van der Waals surface area contributed by atoms with Crippen LogP contribution < -0.4 is 37.9 Å². The highest BCUT2D eigenvalue weighted by Crippen LogP contribution is 2.32. The summed E-state index contributed by atoms with van der Waals surface area (Å²) in [6.45, 7) is 11.2. The van der Waals surface area contributed by atoms with Crippen molar-refractivity contribution in [3.05, 3.63) is 131 Å². The zero-order valence-corrected chi connectivity index (χ0v) is 52.7. The van der Waals surface area contributed by atoms with E-state index in [1.165, 1.54) is 203 Å². The lowest BCUT2D eigenvalue weighted by atomic mass is 10.1. The molecule has 0 aliphatic heterocycles. The van der Waals surface area contributed by atoms with E-state index in [9.17, 15) is 19.2 Å². The predicted octanol–water partition coefficient (Wildman–Crippen LogP) is 20.6. The lowest BCUT2D eigenvalue weighted by Gasteiger charge is -2.14.